The highest BCUT2D eigenvalue weighted by Crippen LogP contribution is 2.29. The van der Waals surface area contributed by atoms with Crippen molar-refractivity contribution in [3.63, 3.8) is 0 Å². The number of anilines is 1. The van der Waals surface area contributed by atoms with Gasteiger partial charge in [-0.3, -0.25) is 0 Å². The lowest BCUT2D eigenvalue weighted by Crippen LogP contribution is -2.13. The SMILES string of the molecule is Cc1ccc(N[C@H](c2ccc(F)cc2)c2nnc(-c3ccccc3)o2)cc1F. The molecule has 0 aliphatic rings. The monoisotopic (exact) mass is 377 g/mol. The van der Waals surface area contributed by atoms with E-state index in [9.17, 15) is 8.78 Å². The Morgan fingerprint density at radius 1 is 0.893 bits per heavy atom. The van der Waals surface area contributed by atoms with Crippen LogP contribution in [0.1, 0.15) is 23.1 Å². The minimum atomic E-state index is -0.562. The number of nitrogens with one attached hydrogen (secondary N) is 1. The zero-order valence-electron chi connectivity index (χ0n) is 15.1. The number of halogens is 2. The fraction of sp³-hybridized carbons (Fsp3) is 0.0909. The van der Waals surface area contributed by atoms with Gasteiger partial charge in [-0.1, -0.05) is 36.4 Å². The molecule has 0 fully saturated rings. The van der Waals surface area contributed by atoms with E-state index in [4.69, 9.17) is 4.42 Å². The van der Waals surface area contributed by atoms with Gasteiger partial charge < -0.3 is 9.73 Å². The number of benzene rings is 3. The van der Waals surface area contributed by atoms with Gasteiger partial charge in [0.05, 0.1) is 0 Å². The highest BCUT2D eigenvalue weighted by atomic mass is 19.1. The van der Waals surface area contributed by atoms with Gasteiger partial charge in [-0.15, -0.1) is 10.2 Å². The Hall–Kier alpha value is -3.54. The first-order chi connectivity index (χ1) is 13.6. The third-order valence-corrected chi connectivity index (χ3v) is 4.39. The van der Waals surface area contributed by atoms with Crippen molar-refractivity contribution in [2.75, 3.05) is 5.32 Å². The van der Waals surface area contributed by atoms with Gasteiger partial charge in [0, 0.05) is 11.3 Å². The molecule has 4 rings (SSSR count). The molecule has 1 atom stereocenters. The fourth-order valence-corrected chi connectivity index (χ4v) is 2.84. The molecule has 0 saturated heterocycles. The van der Waals surface area contributed by atoms with Crippen LogP contribution in [0.4, 0.5) is 14.5 Å². The highest BCUT2D eigenvalue weighted by molar-refractivity contribution is 5.53. The third kappa shape index (κ3) is 3.76. The van der Waals surface area contributed by atoms with Crippen molar-refractivity contribution in [2.45, 2.75) is 13.0 Å². The maximum atomic E-state index is 14.0. The van der Waals surface area contributed by atoms with Crippen LogP contribution in [0.2, 0.25) is 0 Å². The summed E-state index contributed by atoms with van der Waals surface area (Å²) in [6, 6.07) is 19.7. The highest BCUT2D eigenvalue weighted by Gasteiger charge is 2.22. The second-order valence-corrected chi connectivity index (χ2v) is 6.40. The third-order valence-electron chi connectivity index (χ3n) is 4.39. The van der Waals surface area contributed by atoms with E-state index in [0.717, 1.165) is 5.56 Å². The molecule has 0 radical (unpaired) electrons. The summed E-state index contributed by atoms with van der Waals surface area (Å²) in [5.41, 5.74) is 2.61. The lowest BCUT2D eigenvalue weighted by molar-refractivity contribution is 0.493. The molecule has 0 spiro atoms. The van der Waals surface area contributed by atoms with Crippen LogP contribution in [-0.2, 0) is 0 Å². The summed E-state index contributed by atoms with van der Waals surface area (Å²) in [7, 11) is 0. The number of hydrogen-bond donors (Lipinski definition) is 1. The van der Waals surface area contributed by atoms with Crippen molar-refractivity contribution in [1.82, 2.24) is 10.2 Å². The molecule has 0 aliphatic carbocycles. The van der Waals surface area contributed by atoms with Crippen LogP contribution in [0.5, 0.6) is 0 Å². The number of aromatic nitrogens is 2. The summed E-state index contributed by atoms with van der Waals surface area (Å²) in [4.78, 5) is 0. The van der Waals surface area contributed by atoms with Crippen LogP contribution >= 0.6 is 0 Å². The summed E-state index contributed by atoms with van der Waals surface area (Å²) in [6.45, 7) is 1.70. The molecule has 0 aliphatic heterocycles. The number of rotatable bonds is 5. The van der Waals surface area contributed by atoms with Gasteiger partial charge in [-0.25, -0.2) is 8.78 Å². The van der Waals surface area contributed by atoms with Crippen molar-refractivity contribution in [1.29, 1.82) is 0 Å². The number of hydrogen-bond acceptors (Lipinski definition) is 4. The Kier molecular flexibility index (Phi) is 4.85. The van der Waals surface area contributed by atoms with E-state index in [1.165, 1.54) is 18.2 Å². The molecule has 0 bridgehead atoms. The zero-order chi connectivity index (χ0) is 19.5. The van der Waals surface area contributed by atoms with E-state index < -0.39 is 6.04 Å². The lowest BCUT2D eigenvalue weighted by Gasteiger charge is -2.17. The van der Waals surface area contributed by atoms with Gasteiger partial charge in [0.25, 0.3) is 0 Å². The van der Waals surface area contributed by atoms with E-state index in [-0.39, 0.29) is 11.6 Å². The van der Waals surface area contributed by atoms with E-state index in [1.54, 1.807) is 31.2 Å². The summed E-state index contributed by atoms with van der Waals surface area (Å²) in [5.74, 6) is 0.00351. The van der Waals surface area contributed by atoms with Gasteiger partial charge in [-0.05, 0) is 54.4 Å². The molecule has 3 aromatic carbocycles. The summed E-state index contributed by atoms with van der Waals surface area (Å²) in [6.07, 6.45) is 0. The second kappa shape index (κ2) is 7.60. The van der Waals surface area contributed by atoms with Crippen molar-refractivity contribution in [3.05, 3.63) is 101 Å². The van der Waals surface area contributed by atoms with Crippen molar-refractivity contribution in [3.8, 4) is 11.5 Å². The molecule has 1 N–H and O–H groups in total. The Morgan fingerprint density at radius 2 is 1.64 bits per heavy atom. The molecule has 6 heteroatoms. The molecule has 1 heterocycles. The van der Waals surface area contributed by atoms with Crippen molar-refractivity contribution >= 4 is 5.69 Å². The second-order valence-electron chi connectivity index (χ2n) is 6.40. The van der Waals surface area contributed by atoms with Gasteiger partial charge in [0.15, 0.2) is 0 Å². The number of aryl methyl sites for hydroxylation is 1. The van der Waals surface area contributed by atoms with Crippen LogP contribution in [-0.4, -0.2) is 10.2 Å². The normalized spacial score (nSPS) is 12.0. The summed E-state index contributed by atoms with van der Waals surface area (Å²) >= 11 is 0. The number of nitrogens with zero attached hydrogens (tertiary/aromatic N) is 2. The first-order valence-corrected chi connectivity index (χ1v) is 8.77. The first-order valence-electron chi connectivity index (χ1n) is 8.77. The molecule has 0 unspecified atom stereocenters. The smallest absolute Gasteiger partial charge is 0.247 e. The molecular formula is C22H17F2N3O. The summed E-state index contributed by atoms with van der Waals surface area (Å²) in [5, 5.41) is 11.5. The molecule has 28 heavy (non-hydrogen) atoms. The van der Waals surface area contributed by atoms with Crippen molar-refractivity contribution < 1.29 is 13.2 Å². The molecule has 4 aromatic rings. The quantitative estimate of drug-likeness (QED) is 0.497. The Balaban J connectivity index is 1.71. The minimum absolute atomic E-state index is 0.298. The van der Waals surface area contributed by atoms with E-state index in [0.29, 0.717) is 28.6 Å². The average molecular weight is 377 g/mol. The van der Waals surface area contributed by atoms with E-state index in [2.05, 4.69) is 15.5 Å². The molecule has 0 amide bonds. The summed E-state index contributed by atoms with van der Waals surface area (Å²) < 4.78 is 33.2. The predicted octanol–water partition coefficient (Wildman–Crippen LogP) is 5.52. The van der Waals surface area contributed by atoms with Gasteiger partial charge in [0.1, 0.15) is 17.7 Å². The standard InChI is InChI=1S/C22H17F2N3O/c1-14-7-12-18(13-19(14)24)25-20(15-8-10-17(23)11-9-15)22-27-26-21(28-22)16-5-3-2-4-6-16/h2-13,20,25H,1H3/t20-/m1/s1. The minimum Gasteiger partial charge on any atom is -0.418 e. The topological polar surface area (TPSA) is 51.0 Å². The van der Waals surface area contributed by atoms with E-state index >= 15 is 0 Å². The molecule has 0 saturated carbocycles. The maximum absolute atomic E-state index is 14.0. The van der Waals surface area contributed by atoms with E-state index in [1.807, 2.05) is 30.3 Å². The van der Waals surface area contributed by atoms with Crippen LogP contribution in [0.25, 0.3) is 11.5 Å². The maximum Gasteiger partial charge on any atom is 0.247 e. The Labute approximate surface area is 160 Å². The molecule has 4 nitrogen and oxygen atoms in total. The van der Waals surface area contributed by atoms with Crippen LogP contribution in [0.3, 0.4) is 0 Å². The van der Waals surface area contributed by atoms with Crippen molar-refractivity contribution in [2.24, 2.45) is 0 Å². The Morgan fingerprint density at radius 3 is 2.36 bits per heavy atom. The van der Waals surface area contributed by atoms with Gasteiger partial charge in [-0.2, -0.15) is 0 Å². The van der Waals surface area contributed by atoms with Crippen LogP contribution in [0.15, 0.2) is 77.2 Å². The average Bonchev–Trinajstić information content (AvgIpc) is 3.20. The van der Waals surface area contributed by atoms with Gasteiger partial charge >= 0.3 is 0 Å². The molecular weight excluding hydrogens is 360 g/mol. The fourth-order valence-electron chi connectivity index (χ4n) is 2.84. The predicted molar refractivity (Wildman–Crippen MR) is 103 cm³/mol. The largest absolute Gasteiger partial charge is 0.418 e. The first kappa shape index (κ1) is 17.9. The molecule has 140 valence electrons. The van der Waals surface area contributed by atoms with Crippen LogP contribution in [0, 0.1) is 18.6 Å². The molecule has 1 aromatic heterocycles. The van der Waals surface area contributed by atoms with Gasteiger partial charge in [0.2, 0.25) is 11.8 Å². The van der Waals surface area contributed by atoms with Crippen LogP contribution < -0.4 is 5.32 Å². The zero-order valence-corrected chi connectivity index (χ0v) is 15.1. The Bertz CT molecular complexity index is 1080. The lowest BCUT2D eigenvalue weighted by atomic mass is 10.1.